The molecule has 0 amide bonds. The fourth-order valence-corrected chi connectivity index (χ4v) is 4.30. The molecule has 0 aromatic carbocycles. The quantitative estimate of drug-likeness (QED) is 0.509. The number of carbonyl (C=O) groups excluding carboxylic acids is 3. The summed E-state index contributed by atoms with van der Waals surface area (Å²) < 4.78 is 16.6. The van der Waals surface area contributed by atoms with Gasteiger partial charge >= 0.3 is 17.9 Å². The monoisotopic (exact) mass is 366 g/mol. The maximum absolute atomic E-state index is 12.4. The Labute approximate surface area is 154 Å². The summed E-state index contributed by atoms with van der Waals surface area (Å²) in [5.74, 6) is -0.243. The predicted octanol–water partition coefficient (Wildman–Crippen LogP) is 2.88. The second-order valence-electron chi connectivity index (χ2n) is 9.51. The Morgan fingerprint density at radius 1 is 1.19 bits per heavy atom. The van der Waals surface area contributed by atoms with Crippen molar-refractivity contribution in [2.45, 2.75) is 72.5 Å². The first-order chi connectivity index (χ1) is 12.0. The summed E-state index contributed by atoms with van der Waals surface area (Å²) in [6.45, 7) is 9.57. The summed E-state index contributed by atoms with van der Waals surface area (Å²) in [5.41, 5.74) is -1.04. The van der Waals surface area contributed by atoms with Crippen molar-refractivity contribution in [2.75, 3.05) is 6.61 Å². The number of rotatable bonds is 7. The zero-order valence-electron chi connectivity index (χ0n) is 16.4. The molecule has 146 valence electrons. The molecule has 26 heavy (non-hydrogen) atoms. The first kappa shape index (κ1) is 19.2. The molecule has 3 rings (SSSR count). The summed E-state index contributed by atoms with van der Waals surface area (Å²) in [7, 11) is 0. The van der Waals surface area contributed by atoms with Gasteiger partial charge in [-0.1, -0.05) is 20.8 Å². The van der Waals surface area contributed by atoms with E-state index in [0.29, 0.717) is 6.42 Å². The maximum Gasteiger partial charge on any atom is 0.311 e. The summed E-state index contributed by atoms with van der Waals surface area (Å²) in [5, 5.41) is 0. The first-order valence-corrected chi connectivity index (χ1v) is 9.61. The second kappa shape index (κ2) is 6.54. The van der Waals surface area contributed by atoms with Crippen LogP contribution in [0.3, 0.4) is 0 Å². The molecule has 6 heteroatoms. The van der Waals surface area contributed by atoms with E-state index in [1.54, 1.807) is 0 Å². The lowest BCUT2D eigenvalue weighted by Crippen LogP contribution is -2.37. The van der Waals surface area contributed by atoms with Crippen molar-refractivity contribution in [1.29, 1.82) is 0 Å². The lowest BCUT2D eigenvalue weighted by molar-refractivity contribution is -0.167. The lowest BCUT2D eigenvalue weighted by Gasteiger charge is -2.29. The minimum atomic E-state index is -0.525. The Morgan fingerprint density at radius 3 is 2.54 bits per heavy atom. The number of esters is 3. The van der Waals surface area contributed by atoms with E-state index in [-0.39, 0.29) is 60.9 Å². The molecular weight excluding hydrogens is 336 g/mol. The molecule has 6 nitrogen and oxygen atoms in total. The lowest BCUT2D eigenvalue weighted by atomic mass is 9.87. The highest BCUT2D eigenvalue weighted by Crippen LogP contribution is 2.55. The summed E-state index contributed by atoms with van der Waals surface area (Å²) in [4.78, 5) is 36.4. The smallest absolute Gasteiger partial charge is 0.311 e. The SMILES string of the molecule is CCC(C)(C)C(=O)OCC(C)(C)CC(=O)OC1C2CC3C(=O)OC1C3C2. The van der Waals surface area contributed by atoms with Crippen LogP contribution in [0.25, 0.3) is 0 Å². The maximum atomic E-state index is 12.4. The molecule has 2 bridgehead atoms. The van der Waals surface area contributed by atoms with E-state index >= 15 is 0 Å². The van der Waals surface area contributed by atoms with Crippen LogP contribution in [0.2, 0.25) is 0 Å². The third kappa shape index (κ3) is 3.47. The van der Waals surface area contributed by atoms with Crippen LogP contribution in [-0.2, 0) is 28.6 Å². The fourth-order valence-electron chi connectivity index (χ4n) is 4.30. The third-order valence-electron chi connectivity index (χ3n) is 6.33. The number of hydrogen-bond acceptors (Lipinski definition) is 6. The summed E-state index contributed by atoms with van der Waals surface area (Å²) in [6.07, 6.45) is 1.95. The Balaban J connectivity index is 1.50. The van der Waals surface area contributed by atoms with Gasteiger partial charge < -0.3 is 14.2 Å². The van der Waals surface area contributed by atoms with Gasteiger partial charge in [-0.3, -0.25) is 14.4 Å². The van der Waals surface area contributed by atoms with E-state index in [4.69, 9.17) is 14.2 Å². The van der Waals surface area contributed by atoms with Crippen molar-refractivity contribution >= 4 is 17.9 Å². The minimum absolute atomic E-state index is 0.0118. The Hall–Kier alpha value is -1.59. The second-order valence-corrected chi connectivity index (χ2v) is 9.51. The van der Waals surface area contributed by atoms with Crippen LogP contribution in [0.1, 0.15) is 60.3 Å². The number of hydrogen-bond donors (Lipinski definition) is 0. The van der Waals surface area contributed by atoms with Gasteiger partial charge in [0, 0.05) is 17.3 Å². The average molecular weight is 366 g/mol. The van der Waals surface area contributed by atoms with Crippen LogP contribution >= 0.6 is 0 Å². The fraction of sp³-hybridized carbons (Fsp3) is 0.850. The zero-order chi connectivity index (χ0) is 19.3. The molecule has 1 aliphatic heterocycles. The largest absolute Gasteiger partial charge is 0.465 e. The number of fused-ring (bicyclic) bond motifs is 1. The summed E-state index contributed by atoms with van der Waals surface area (Å²) in [6, 6.07) is 0. The molecule has 2 aliphatic carbocycles. The summed E-state index contributed by atoms with van der Waals surface area (Å²) >= 11 is 0. The van der Waals surface area contributed by atoms with E-state index in [1.165, 1.54) is 0 Å². The molecule has 1 heterocycles. The molecule has 0 aromatic heterocycles. The molecule has 2 saturated carbocycles. The molecule has 5 atom stereocenters. The molecule has 0 radical (unpaired) electrons. The van der Waals surface area contributed by atoms with Crippen LogP contribution in [0, 0.1) is 28.6 Å². The van der Waals surface area contributed by atoms with Crippen LogP contribution in [0.15, 0.2) is 0 Å². The van der Waals surface area contributed by atoms with Gasteiger partial charge in [-0.05, 0) is 33.1 Å². The van der Waals surface area contributed by atoms with Crippen LogP contribution in [-0.4, -0.2) is 36.7 Å². The number of carbonyl (C=O) groups is 3. The van der Waals surface area contributed by atoms with Gasteiger partial charge in [-0.25, -0.2) is 0 Å². The highest BCUT2D eigenvalue weighted by atomic mass is 16.6. The molecule has 3 fully saturated rings. The molecule has 0 spiro atoms. The van der Waals surface area contributed by atoms with E-state index < -0.39 is 10.8 Å². The Morgan fingerprint density at radius 2 is 1.88 bits per heavy atom. The van der Waals surface area contributed by atoms with Crippen LogP contribution in [0.4, 0.5) is 0 Å². The number of ether oxygens (including phenoxy) is 3. The van der Waals surface area contributed by atoms with E-state index in [0.717, 1.165) is 12.8 Å². The van der Waals surface area contributed by atoms with Gasteiger partial charge in [0.2, 0.25) is 0 Å². The van der Waals surface area contributed by atoms with E-state index in [9.17, 15) is 14.4 Å². The van der Waals surface area contributed by atoms with Crippen molar-refractivity contribution in [1.82, 2.24) is 0 Å². The molecule has 0 aromatic rings. The van der Waals surface area contributed by atoms with Gasteiger partial charge in [0.1, 0.15) is 12.2 Å². The highest BCUT2D eigenvalue weighted by Gasteiger charge is 2.63. The Kier molecular flexibility index (Phi) is 4.82. The third-order valence-corrected chi connectivity index (χ3v) is 6.33. The van der Waals surface area contributed by atoms with E-state index in [1.807, 2.05) is 34.6 Å². The van der Waals surface area contributed by atoms with Crippen LogP contribution in [0.5, 0.6) is 0 Å². The van der Waals surface area contributed by atoms with Gasteiger partial charge in [0.15, 0.2) is 0 Å². The standard InChI is InChI=1S/C20H30O6/c1-6-20(4,5)18(23)24-10-19(2,3)9-14(21)25-15-11-7-12-13(8-11)17(22)26-16(12)15/h11-13,15-16H,6-10H2,1-5H3. The van der Waals surface area contributed by atoms with Crippen molar-refractivity contribution in [3.8, 4) is 0 Å². The molecule has 0 N–H and O–H groups in total. The average Bonchev–Trinajstić information content (AvgIpc) is 3.17. The van der Waals surface area contributed by atoms with Gasteiger partial charge in [-0.2, -0.15) is 0 Å². The van der Waals surface area contributed by atoms with Crippen molar-refractivity contribution in [2.24, 2.45) is 28.6 Å². The van der Waals surface area contributed by atoms with Gasteiger partial charge in [-0.15, -0.1) is 0 Å². The van der Waals surface area contributed by atoms with Crippen molar-refractivity contribution in [3.05, 3.63) is 0 Å². The van der Waals surface area contributed by atoms with Crippen molar-refractivity contribution in [3.63, 3.8) is 0 Å². The minimum Gasteiger partial charge on any atom is -0.465 e. The normalized spacial score (nSPS) is 32.5. The highest BCUT2D eigenvalue weighted by molar-refractivity contribution is 5.77. The zero-order valence-corrected chi connectivity index (χ0v) is 16.4. The molecule has 5 unspecified atom stereocenters. The molecule has 3 aliphatic rings. The predicted molar refractivity (Wildman–Crippen MR) is 92.9 cm³/mol. The van der Waals surface area contributed by atoms with Gasteiger partial charge in [0.25, 0.3) is 0 Å². The van der Waals surface area contributed by atoms with Gasteiger partial charge in [0.05, 0.1) is 24.4 Å². The van der Waals surface area contributed by atoms with Crippen LogP contribution < -0.4 is 0 Å². The molecular formula is C20H30O6. The van der Waals surface area contributed by atoms with E-state index in [2.05, 4.69) is 0 Å². The Bertz CT molecular complexity index is 607. The first-order valence-electron chi connectivity index (χ1n) is 9.61. The van der Waals surface area contributed by atoms with Crippen molar-refractivity contribution < 1.29 is 28.6 Å². The topological polar surface area (TPSA) is 78.9 Å². The molecule has 1 saturated heterocycles.